The molecule has 1 aromatic heterocycles. The summed E-state index contributed by atoms with van der Waals surface area (Å²) in [5.74, 6) is 0.628. The molecule has 0 amide bonds. The lowest BCUT2D eigenvalue weighted by Gasteiger charge is -2.34. The predicted octanol–water partition coefficient (Wildman–Crippen LogP) is 0.580. The zero-order chi connectivity index (χ0) is 14.1. The van der Waals surface area contributed by atoms with Crippen LogP contribution in [0.1, 0.15) is 12.8 Å². The highest BCUT2D eigenvalue weighted by atomic mass is 79.9. The van der Waals surface area contributed by atoms with E-state index in [-0.39, 0.29) is 11.7 Å². The Balaban J connectivity index is 1.82. The average Bonchev–Trinajstić information content (AvgIpc) is 3.28. The van der Waals surface area contributed by atoms with Crippen LogP contribution in [0.2, 0.25) is 0 Å². The first kappa shape index (κ1) is 14.0. The molecule has 0 spiro atoms. The molecule has 2 N–H and O–H groups in total. The smallest absolute Gasteiger partial charge is 0.283 e. The Kier molecular flexibility index (Phi) is 4.09. The summed E-state index contributed by atoms with van der Waals surface area (Å²) in [6, 6.07) is 0. The second kappa shape index (κ2) is 5.83. The van der Waals surface area contributed by atoms with Crippen molar-refractivity contribution >= 4 is 21.6 Å². The Bertz CT molecular complexity index is 544. The molecule has 20 heavy (non-hydrogen) atoms. The van der Waals surface area contributed by atoms with Crippen LogP contribution in [0, 0.1) is 5.92 Å². The van der Waals surface area contributed by atoms with Crippen LogP contribution in [0.25, 0.3) is 0 Å². The fraction of sp³-hybridized carbons (Fsp3) is 0.692. The van der Waals surface area contributed by atoms with Gasteiger partial charge in [0.2, 0.25) is 0 Å². The van der Waals surface area contributed by atoms with Gasteiger partial charge in [0.1, 0.15) is 4.47 Å². The maximum atomic E-state index is 12.3. The maximum Gasteiger partial charge on any atom is 0.283 e. The lowest BCUT2D eigenvalue weighted by molar-refractivity contribution is 0.0465. The third-order valence-corrected chi connectivity index (χ3v) is 4.58. The van der Waals surface area contributed by atoms with Crippen molar-refractivity contribution in [3.8, 4) is 0 Å². The highest BCUT2D eigenvalue weighted by Crippen LogP contribution is 2.30. The summed E-state index contributed by atoms with van der Waals surface area (Å²) in [5.41, 5.74) is 6.44. The van der Waals surface area contributed by atoms with E-state index in [0.717, 1.165) is 18.8 Å². The van der Waals surface area contributed by atoms with E-state index in [1.807, 2.05) is 0 Å². The molecule has 0 bridgehead atoms. The van der Waals surface area contributed by atoms with Crippen molar-refractivity contribution in [1.82, 2.24) is 9.78 Å². The summed E-state index contributed by atoms with van der Waals surface area (Å²) in [5, 5.41) is 4.31. The second-order valence-corrected chi connectivity index (χ2v) is 6.24. The highest BCUT2D eigenvalue weighted by molar-refractivity contribution is 9.10. The number of anilines is 1. The summed E-state index contributed by atoms with van der Waals surface area (Å²) in [6.45, 7) is 3.29. The van der Waals surface area contributed by atoms with Gasteiger partial charge in [0, 0.05) is 26.2 Å². The molecular weight excluding hydrogens is 324 g/mol. The minimum atomic E-state index is -0.0507. The van der Waals surface area contributed by atoms with Crippen molar-refractivity contribution in [3.63, 3.8) is 0 Å². The molecular formula is C13H19BrN4O2. The standard InChI is InChI=1S/C13H19BrN4O2/c14-12-11(17-3-4-20-10(5-15)8-17)6-16-18(13(12)19)7-9-1-2-9/h6,9-10H,1-5,7-8,15H2. The lowest BCUT2D eigenvalue weighted by Crippen LogP contribution is -2.46. The van der Waals surface area contributed by atoms with Gasteiger partial charge in [-0.15, -0.1) is 0 Å². The molecule has 1 aromatic rings. The first-order chi connectivity index (χ1) is 9.69. The first-order valence-corrected chi connectivity index (χ1v) is 7.80. The number of hydrogen-bond donors (Lipinski definition) is 1. The van der Waals surface area contributed by atoms with E-state index in [9.17, 15) is 4.79 Å². The number of rotatable bonds is 4. The van der Waals surface area contributed by atoms with Crippen LogP contribution in [0.4, 0.5) is 5.69 Å². The molecule has 0 aromatic carbocycles. The minimum Gasteiger partial charge on any atom is -0.373 e. The first-order valence-electron chi connectivity index (χ1n) is 7.01. The summed E-state index contributed by atoms with van der Waals surface area (Å²) in [4.78, 5) is 14.4. The number of hydrogen-bond acceptors (Lipinski definition) is 5. The van der Waals surface area contributed by atoms with E-state index in [2.05, 4.69) is 25.9 Å². The van der Waals surface area contributed by atoms with Gasteiger partial charge in [0.25, 0.3) is 5.56 Å². The van der Waals surface area contributed by atoms with Crippen molar-refractivity contribution in [2.75, 3.05) is 31.1 Å². The summed E-state index contributed by atoms with van der Waals surface area (Å²) in [6.07, 6.45) is 4.20. The second-order valence-electron chi connectivity index (χ2n) is 5.45. The molecule has 2 aliphatic rings. The zero-order valence-electron chi connectivity index (χ0n) is 11.3. The number of halogens is 1. The van der Waals surface area contributed by atoms with Crippen molar-refractivity contribution < 1.29 is 4.74 Å². The summed E-state index contributed by atoms with van der Waals surface area (Å²) >= 11 is 3.43. The Morgan fingerprint density at radius 1 is 1.50 bits per heavy atom. The van der Waals surface area contributed by atoms with Gasteiger partial charge < -0.3 is 15.4 Å². The van der Waals surface area contributed by atoms with Crippen LogP contribution < -0.4 is 16.2 Å². The van der Waals surface area contributed by atoms with Crippen LogP contribution >= 0.6 is 15.9 Å². The topological polar surface area (TPSA) is 73.4 Å². The molecule has 1 aliphatic carbocycles. The molecule has 2 fully saturated rings. The molecule has 0 radical (unpaired) electrons. The lowest BCUT2D eigenvalue weighted by atomic mass is 10.2. The zero-order valence-corrected chi connectivity index (χ0v) is 12.9. The SMILES string of the molecule is NCC1CN(c2cnn(CC3CC3)c(=O)c2Br)CCO1. The third kappa shape index (κ3) is 2.89. The number of ether oxygens (including phenoxy) is 1. The Morgan fingerprint density at radius 2 is 2.30 bits per heavy atom. The van der Waals surface area contributed by atoms with E-state index in [1.54, 1.807) is 10.9 Å². The molecule has 3 rings (SSSR count). The van der Waals surface area contributed by atoms with Crippen LogP contribution in [0.5, 0.6) is 0 Å². The van der Waals surface area contributed by atoms with E-state index in [1.165, 1.54) is 12.8 Å². The molecule has 1 saturated carbocycles. The number of aromatic nitrogens is 2. The molecule has 7 heteroatoms. The largest absolute Gasteiger partial charge is 0.373 e. The molecule has 2 heterocycles. The van der Waals surface area contributed by atoms with Gasteiger partial charge in [0.05, 0.1) is 24.6 Å². The minimum absolute atomic E-state index is 0.0181. The van der Waals surface area contributed by atoms with E-state index >= 15 is 0 Å². The van der Waals surface area contributed by atoms with Crippen molar-refractivity contribution in [2.24, 2.45) is 11.7 Å². The van der Waals surface area contributed by atoms with Gasteiger partial charge in [0.15, 0.2) is 0 Å². The van der Waals surface area contributed by atoms with Crippen LogP contribution in [-0.4, -0.2) is 42.1 Å². The normalized spacial score (nSPS) is 23.1. The van der Waals surface area contributed by atoms with Gasteiger partial charge in [-0.3, -0.25) is 4.79 Å². The van der Waals surface area contributed by atoms with Crippen molar-refractivity contribution in [1.29, 1.82) is 0 Å². The quantitative estimate of drug-likeness (QED) is 0.866. The van der Waals surface area contributed by atoms with Gasteiger partial charge in [-0.25, -0.2) is 4.68 Å². The third-order valence-electron chi connectivity index (χ3n) is 3.84. The van der Waals surface area contributed by atoms with E-state index < -0.39 is 0 Å². The van der Waals surface area contributed by atoms with Crippen molar-refractivity contribution in [3.05, 3.63) is 21.0 Å². The maximum absolute atomic E-state index is 12.3. The molecule has 1 atom stereocenters. The highest BCUT2D eigenvalue weighted by Gasteiger charge is 2.25. The molecule has 1 unspecified atom stereocenters. The number of nitrogens with zero attached hydrogens (tertiary/aromatic N) is 3. The Hall–Kier alpha value is -0.920. The van der Waals surface area contributed by atoms with Gasteiger partial charge in [-0.1, -0.05) is 0 Å². The Labute approximate surface area is 126 Å². The molecule has 1 saturated heterocycles. The van der Waals surface area contributed by atoms with Gasteiger partial charge >= 0.3 is 0 Å². The van der Waals surface area contributed by atoms with Crippen molar-refractivity contribution in [2.45, 2.75) is 25.5 Å². The van der Waals surface area contributed by atoms with E-state index in [0.29, 0.717) is 30.1 Å². The van der Waals surface area contributed by atoms with Gasteiger partial charge in [-0.2, -0.15) is 5.10 Å². The number of morpholine rings is 1. The molecule has 1 aliphatic heterocycles. The molecule has 110 valence electrons. The predicted molar refractivity (Wildman–Crippen MR) is 79.9 cm³/mol. The molecule has 6 nitrogen and oxygen atoms in total. The van der Waals surface area contributed by atoms with E-state index in [4.69, 9.17) is 10.5 Å². The summed E-state index contributed by atoms with van der Waals surface area (Å²) in [7, 11) is 0. The fourth-order valence-electron chi connectivity index (χ4n) is 2.43. The summed E-state index contributed by atoms with van der Waals surface area (Å²) < 4.78 is 7.70. The van der Waals surface area contributed by atoms with Gasteiger partial charge in [-0.05, 0) is 34.7 Å². The van der Waals surface area contributed by atoms with Crippen LogP contribution in [0.3, 0.4) is 0 Å². The number of nitrogens with two attached hydrogens (primary N) is 1. The van der Waals surface area contributed by atoms with Crippen LogP contribution in [0.15, 0.2) is 15.5 Å². The monoisotopic (exact) mass is 342 g/mol. The Morgan fingerprint density at radius 3 is 3.00 bits per heavy atom. The van der Waals surface area contributed by atoms with Crippen LogP contribution in [-0.2, 0) is 11.3 Å². The average molecular weight is 343 g/mol. The fourth-order valence-corrected chi connectivity index (χ4v) is 2.99.